The molecule has 1 N–H and O–H groups in total. The van der Waals surface area contributed by atoms with Crippen LogP contribution in [-0.4, -0.2) is 16.5 Å². The molecule has 1 saturated carbocycles. The maximum absolute atomic E-state index is 12.3. The number of hydrogen-bond donors (Lipinski definition) is 1. The Morgan fingerprint density at radius 1 is 1.39 bits per heavy atom. The Labute approximate surface area is 107 Å². The quantitative estimate of drug-likeness (QED) is 0.882. The Bertz CT molecular complexity index is 581. The molecule has 1 fully saturated rings. The number of aryl methyl sites for hydroxylation is 1. The monoisotopic (exact) mass is 242 g/mol. The van der Waals surface area contributed by atoms with Gasteiger partial charge in [0.25, 0.3) is 5.91 Å². The molecule has 1 aliphatic rings. The number of nitrogens with zero attached hydrogens (tertiary/aromatic N) is 1. The first-order valence-corrected chi connectivity index (χ1v) is 6.68. The highest BCUT2D eigenvalue weighted by Crippen LogP contribution is 2.22. The van der Waals surface area contributed by atoms with Crippen molar-refractivity contribution < 1.29 is 4.79 Å². The molecular weight excluding hydrogens is 224 g/mol. The second-order valence-electron chi connectivity index (χ2n) is 4.93. The molecule has 3 nitrogen and oxygen atoms in total. The third kappa shape index (κ3) is 1.80. The summed E-state index contributed by atoms with van der Waals surface area (Å²) in [6.07, 6.45) is 3.48. The smallest absolute Gasteiger partial charge is 0.268 e. The number of amides is 1. The van der Waals surface area contributed by atoms with Crippen LogP contribution in [0.3, 0.4) is 0 Å². The number of nitrogens with one attached hydrogen (secondary N) is 1. The zero-order valence-corrected chi connectivity index (χ0v) is 10.6. The summed E-state index contributed by atoms with van der Waals surface area (Å²) in [6.45, 7) is 2.90. The first-order chi connectivity index (χ1) is 8.79. The predicted molar refractivity (Wildman–Crippen MR) is 72.7 cm³/mol. The predicted octanol–water partition coefficient (Wildman–Crippen LogP) is 2.94. The summed E-state index contributed by atoms with van der Waals surface area (Å²) in [4.78, 5) is 12.3. The Morgan fingerprint density at radius 2 is 2.17 bits per heavy atom. The van der Waals surface area contributed by atoms with Crippen molar-refractivity contribution >= 4 is 16.8 Å². The van der Waals surface area contributed by atoms with Crippen LogP contribution in [0.2, 0.25) is 0 Å². The molecule has 0 saturated heterocycles. The van der Waals surface area contributed by atoms with Crippen LogP contribution in [0.5, 0.6) is 0 Å². The van der Waals surface area contributed by atoms with Gasteiger partial charge in [-0.1, -0.05) is 18.2 Å². The number of carbonyl (C=O) groups is 1. The summed E-state index contributed by atoms with van der Waals surface area (Å²) in [7, 11) is 0. The second kappa shape index (κ2) is 4.48. The number of rotatable bonds is 3. The van der Waals surface area contributed by atoms with Gasteiger partial charge in [0.15, 0.2) is 0 Å². The third-order valence-corrected chi connectivity index (χ3v) is 3.80. The van der Waals surface area contributed by atoms with Crippen molar-refractivity contribution in [2.45, 2.75) is 38.8 Å². The largest absolute Gasteiger partial charge is 0.348 e. The van der Waals surface area contributed by atoms with Crippen molar-refractivity contribution in [2.75, 3.05) is 0 Å². The molecule has 0 radical (unpaired) electrons. The lowest BCUT2D eigenvalue weighted by Crippen LogP contribution is -2.40. The third-order valence-electron chi connectivity index (χ3n) is 3.80. The number of para-hydroxylation sites is 1. The average molecular weight is 242 g/mol. The Morgan fingerprint density at radius 3 is 2.83 bits per heavy atom. The average Bonchev–Trinajstić information content (AvgIpc) is 2.72. The highest BCUT2D eigenvalue weighted by Gasteiger charge is 2.22. The van der Waals surface area contributed by atoms with E-state index in [-0.39, 0.29) is 5.91 Å². The minimum atomic E-state index is 0.0674. The summed E-state index contributed by atoms with van der Waals surface area (Å²) in [5.74, 6) is 0.0674. The van der Waals surface area contributed by atoms with Crippen LogP contribution in [0.25, 0.3) is 10.9 Å². The SMILES string of the molecule is CCn1c(C(=O)NC2CCC2)cc2ccccc21. The molecular formula is C15H18N2O. The maximum atomic E-state index is 12.3. The zero-order chi connectivity index (χ0) is 12.5. The molecule has 0 atom stereocenters. The normalized spacial score (nSPS) is 15.6. The van der Waals surface area contributed by atoms with Gasteiger partial charge in [-0.15, -0.1) is 0 Å². The standard InChI is InChI=1S/C15H18N2O/c1-2-17-13-9-4-3-6-11(13)10-14(17)15(18)16-12-7-5-8-12/h3-4,6,9-10,12H,2,5,7-8H2,1H3,(H,16,18). The van der Waals surface area contributed by atoms with Crippen LogP contribution in [-0.2, 0) is 6.54 Å². The molecule has 1 heterocycles. The van der Waals surface area contributed by atoms with Crippen LogP contribution in [0.1, 0.15) is 36.7 Å². The Hall–Kier alpha value is -1.77. The molecule has 94 valence electrons. The van der Waals surface area contributed by atoms with Gasteiger partial charge in [0.1, 0.15) is 5.69 Å². The fraction of sp³-hybridized carbons (Fsp3) is 0.400. The van der Waals surface area contributed by atoms with E-state index in [4.69, 9.17) is 0 Å². The van der Waals surface area contributed by atoms with Gasteiger partial charge in [-0.3, -0.25) is 4.79 Å². The first-order valence-electron chi connectivity index (χ1n) is 6.68. The molecule has 0 spiro atoms. The molecule has 3 heteroatoms. The first kappa shape index (κ1) is 11.3. The van der Waals surface area contributed by atoms with Gasteiger partial charge in [-0.25, -0.2) is 0 Å². The number of aromatic nitrogens is 1. The minimum Gasteiger partial charge on any atom is -0.348 e. The summed E-state index contributed by atoms with van der Waals surface area (Å²) < 4.78 is 2.09. The summed E-state index contributed by atoms with van der Waals surface area (Å²) in [5, 5.41) is 4.25. The van der Waals surface area contributed by atoms with E-state index < -0.39 is 0 Å². The van der Waals surface area contributed by atoms with Crippen LogP contribution in [0.4, 0.5) is 0 Å². The van der Waals surface area contributed by atoms with Gasteiger partial charge >= 0.3 is 0 Å². The van der Waals surface area contributed by atoms with Crippen molar-refractivity contribution in [1.82, 2.24) is 9.88 Å². The topological polar surface area (TPSA) is 34.0 Å². The summed E-state index contributed by atoms with van der Waals surface area (Å²) in [5.41, 5.74) is 1.92. The van der Waals surface area contributed by atoms with Crippen LogP contribution >= 0.6 is 0 Å². The van der Waals surface area contributed by atoms with Crippen LogP contribution in [0.15, 0.2) is 30.3 Å². The Balaban J connectivity index is 1.96. The van der Waals surface area contributed by atoms with Crippen LogP contribution < -0.4 is 5.32 Å². The van der Waals surface area contributed by atoms with E-state index in [1.807, 2.05) is 18.2 Å². The molecule has 18 heavy (non-hydrogen) atoms. The van der Waals surface area contributed by atoms with Gasteiger partial charge in [0.05, 0.1) is 0 Å². The molecule has 0 unspecified atom stereocenters. The summed E-state index contributed by atoms with van der Waals surface area (Å²) in [6, 6.07) is 10.5. The minimum absolute atomic E-state index is 0.0674. The molecule has 3 rings (SSSR count). The lowest BCUT2D eigenvalue weighted by atomic mass is 9.93. The van der Waals surface area contributed by atoms with E-state index in [0.717, 1.165) is 36.0 Å². The Kier molecular flexibility index (Phi) is 2.82. The highest BCUT2D eigenvalue weighted by atomic mass is 16.2. The van der Waals surface area contributed by atoms with Crippen molar-refractivity contribution in [1.29, 1.82) is 0 Å². The molecule has 1 amide bonds. The van der Waals surface area contributed by atoms with E-state index in [1.165, 1.54) is 6.42 Å². The molecule has 1 aromatic carbocycles. The molecule has 1 aliphatic carbocycles. The van der Waals surface area contributed by atoms with Crippen LogP contribution in [0, 0.1) is 0 Å². The fourth-order valence-electron chi connectivity index (χ4n) is 2.55. The fourth-order valence-corrected chi connectivity index (χ4v) is 2.55. The molecule has 0 bridgehead atoms. The van der Waals surface area contributed by atoms with Gasteiger partial charge in [-0.05, 0) is 38.3 Å². The molecule has 0 aliphatic heterocycles. The number of benzene rings is 1. The second-order valence-corrected chi connectivity index (χ2v) is 4.93. The van der Waals surface area contributed by atoms with Crippen molar-refractivity contribution in [2.24, 2.45) is 0 Å². The lowest BCUT2D eigenvalue weighted by molar-refractivity contribution is 0.0908. The number of carbonyl (C=O) groups excluding carboxylic acids is 1. The van der Waals surface area contributed by atoms with E-state index in [9.17, 15) is 4.79 Å². The van der Waals surface area contributed by atoms with E-state index >= 15 is 0 Å². The highest BCUT2D eigenvalue weighted by molar-refractivity contribution is 5.98. The lowest BCUT2D eigenvalue weighted by Gasteiger charge is -2.26. The molecule has 2 aromatic rings. The van der Waals surface area contributed by atoms with E-state index in [1.54, 1.807) is 0 Å². The maximum Gasteiger partial charge on any atom is 0.268 e. The summed E-state index contributed by atoms with van der Waals surface area (Å²) >= 11 is 0. The van der Waals surface area contributed by atoms with Crippen molar-refractivity contribution in [3.05, 3.63) is 36.0 Å². The van der Waals surface area contributed by atoms with E-state index in [2.05, 4.69) is 28.9 Å². The van der Waals surface area contributed by atoms with Gasteiger partial charge in [0, 0.05) is 23.5 Å². The van der Waals surface area contributed by atoms with E-state index in [0.29, 0.717) is 6.04 Å². The number of hydrogen-bond acceptors (Lipinski definition) is 1. The molecule has 1 aromatic heterocycles. The van der Waals surface area contributed by atoms with Gasteiger partial charge in [-0.2, -0.15) is 0 Å². The van der Waals surface area contributed by atoms with Crippen molar-refractivity contribution in [3.63, 3.8) is 0 Å². The van der Waals surface area contributed by atoms with Gasteiger partial charge < -0.3 is 9.88 Å². The zero-order valence-electron chi connectivity index (χ0n) is 10.6. The van der Waals surface area contributed by atoms with Gasteiger partial charge in [0.2, 0.25) is 0 Å². The van der Waals surface area contributed by atoms with Crippen molar-refractivity contribution in [3.8, 4) is 0 Å². The number of fused-ring (bicyclic) bond motifs is 1.